The van der Waals surface area contributed by atoms with Crippen LogP contribution in [-0.4, -0.2) is 52.1 Å². The normalized spacial score (nSPS) is 17.7. The van der Waals surface area contributed by atoms with E-state index in [0.29, 0.717) is 23.1 Å². The molecule has 2 heterocycles. The number of hydrogen-bond acceptors (Lipinski definition) is 6. The molecule has 1 aliphatic carbocycles. The second kappa shape index (κ2) is 9.66. The Labute approximate surface area is 202 Å². The number of rotatable bonds is 8. The summed E-state index contributed by atoms with van der Waals surface area (Å²) in [5.74, 6) is 1.97. The van der Waals surface area contributed by atoms with Gasteiger partial charge in [0.1, 0.15) is 17.3 Å². The van der Waals surface area contributed by atoms with Gasteiger partial charge in [-0.3, -0.25) is 9.36 Å². The fraction of sp³-hybridized carbons (Fsp3) is 0.400. The number of hydrogen-bond donors (Lipinski definition) is 0. The number of likely N-dealkylation sites (tertiary alicyclic amines) is 1. The van der Waals surface area contributed by atoms with Crippen LogP contribution in [0.5, 0.6) is 11.5 Å². The molecule has 0 bridgehead atoms. The monoisotopic (exact) mass is 482 g/mol. The van der Waals surface area contributed by atoms with Crippen LogP contribution >= 0.6 is 11.8 Å². The summed E-state index contributed by atoms with van der Waals surface area (Å²) in [5, 5.41) is 9.26. The number of amides is 1. The molecule has 1 aliphatic heterocycles. The minimum absolute atomic E-state index is 0.0372. The van der Waals surface area contributed by atoms with Gasteiger partial charge in [0.05, 0.1) is 31.6 Å². The first kappa shape index (κ1) is 22.7. The van der Waals surface area contributed by atoms with E-state index in [-0.39, 0.29) is 29.6 Å². The summed E-state index contributed by atoms with van der Waals surface area (Å²) in [6, 6.07) is 12.5. The zero-order valence-corrected chi connectivity index (χ0v) is 20.1. The van der Waals surface area contributed by atoms with Crippen molar-refractivity contribution >= 4 is 17.7 Å². The number of methoxy groups -OCH3 is 2. The number of thioether (sulfide) groups is 1. The Morgan fingerprint density at radius 1 is 1.12 bits per heavy atom. The van der Waals surface area contributed by atoms with Gasteiger partial charge in [-0.2, -0.15) is 0 Å². The molecule has 1 atom stereocenters. The molecule has 2 aliphatic rings. The SMILES string of the molecule is COc1ccc(OC)c([C@H]2CCCN2C(=O)CSc2nnc(-c3ccccc3F)n2C2CC2)c1. The van der Waals surface area contributed by atoms with E-state index in [1.165, 1.54) is 17.8 Å². The van der Waals surface area contributed by atoms with Gasteiger partial charge in [0.15, 0.2) is 11.0 Å². The molecule has 1 saturated carbocycles. The molecule has 0 spiro atoms. The molecular weight excluding hydrogens is 455 g/mol. The van der Waals surface area contributed by atoms with Gasteiger partial charge in [-0.15, -0.1) is 10.2 Å². The highest BCUT2D eigenvalue weighted by atomic mass is 32.2. The number of carbonyl (C=O) groups excluding carboxylic acids is 1. The van der Waals surface area contributed by atoms with E-state index in [0.717, 1.165) is 42.7 Å². The largest absolute Gasteiger partial charge is 0.497 e. The number of halogens is 1. The predicted octanol–water partition coefficient (Wildman–Crippen LogP) is 4.89. The second-order valence-electron chi connectivity index (χ2n) is 8.53. The molecule has 7 nitrogen and oxygen atoms in total. The van der Waals surface area contributed by atoms with Gasteiger partial charge in [-0.05, 0) is 56.0 Å². The Morgan fingerprint density at radius 2 is 1.94 bits per heavy atom. The number of ether oxygens (including phenoxy) is 2. The molecule has 2 fully saturated rings. The fourth-order valence-corrected chi connectivity index (χ4v) is 5.45. The summed E-state index contributed by atoms with van der Waals surface area (Å²) in [5.41, 5.74) is 1.39. The topological polar surface area (TPSA) is 69.5 Å². The molecule has 34 heavy (non-hydrogen) atoms. The Bertz CT molecular complexity index is 1200. The number of carbonyl (C=O) groups is 1. The summed E-state index contributed by atoms with van der Waals surface area (Å²) in [6.07, 6.45) is 3.81. The fourth-order valence-electron chi connectivity index (χ4n) is 4.56. The minimum Gasteiger partial charge on any atom is -0.497 e. The predicted molar refractivity (Wildman–Crippen MR) is 128 cm³/mol. The molecular formula is C25H27FN4O3S. The van der Waals surface area contributed by atoms with Gasteiger partial charge in [-0.1, -0.05) is 23.9 Å². The van der Waals surface area contributed by atoms with Crippen molar-refractivity contribution in [1.82, 2.24) is 19.7 Å². The Balaban J connectivity index is 1.35. The van der Waals surface area contributed by atoms with Crippen LogP contribution in [0.1, 0.15) is 43.3 Å². The van der Waals surface area contributed by atoms with Crippen LogP contribution in [0.3, 0.4) is 0 Å². The number of benzene rings is 2. The van der Waals surface area contributed by atoms with E-state index in [2.05, 4.69) is 10.2 Å². The van der Waals surface area contributed by atoms with E-state index < -0.39 is 0 Å². The van der Waals surface area contributed by atoms with Crippen molar-refractivity contribution in [3.63, 3.8) is 0 Å². The average molecular weight is 483 g/mol. The first-order chi connectivity index (χ1) is 16.6. The molecule has 1 saturated heterocycles. The molecule has 9 heteroatoms. The molecule has 0 unspecified atom stereocenters. The van der Waals surface area contributed by atoms with Crippen molar-refractivity contribution < 1.29 is 18.7 Å². The van der Waals surface area contributed by atoms with Gasteiger partial charge < -0.3 is 14.4 Å². The van der Waals surface area contributed by atoms with Crippen molar-refractivity contribution in [1.29, 1.82) is 0 Å². The van der Waals surface area contributed by atoms with E-state index >= 15 is 0 Å². The summed E-state index contributed by atoms with van der Waals surface area (Å²) in [4.78, 5) is 15.2. The lowest BCUT2D eigenvalue weighted by molar-refractivity contribution is -0.129. The van der Waals surface area contributed by atoms with E-state index in [1.54, 1.807) is 32.4 Å². The van der Waals surface area contributed by atoms with Crippen LogP contribution in [0.4, 0.5) is 4.39 Å². The standard InChI is InChI=1S/C25H27FN4O3S/c1-32-17-11-12-22(33-2)19(14-17)21-8-5-13-29(21)23(31)15-34-25-28-27-24(30(25)16-9-10-16)18-6-3-4-7-20(18)26/h3-4,6-7,11-12,14,16,21H,5,8-10,13,15H2,1-2H3/t21-/m1/s1. The molecule has 2 aromatic carbocycles. The minimum atomic E-state index is -0.323. The average Bonchev–Trinajstić information content (AvgIpc) is 3.42. The van der Waals surface area contributed by atoms with Crippen LogP contribution in [0.25, 0.3) is 11.4 Å². The maximum absolute atomic E-state index is 14.4. The molecule has 0 N–H and O–H groups in total. The van der Waals surface area contributed by atoms with Crippen LogP contribution in [0.15, 0.2) is 47.6 Å². The Hall–Kier alpha value is -3.07. The Morgan fingerprint density at radius 3 is 2.68 bits per heavy atom. The lowest BCUT2D eigenvalue weighted by Crippen LogP contribution is -2.32. The first-order valence-corrected chi connectivity index (χ1v) is 12.4. The second-order valence-corrected chi connectivity index (χ2v) is 9.47. The van der Waals surface area contributed by atoms with Crippen LogP contribution in [0, 0.1) is 5.82 Å². The number of nitrogens with zero attached hydrogens (tertiary/aromatic N) is 4. The molecule has 1 amide bonds. The zero-order chi connectivity index (χ0) is 23.7. The smallest absolute Gasteiger partial charge is 0.233 e. The van der Waals surface area contributed by atoms with Crippen LogP contribution < -0.4 is 9.47 Å². The molecule has 1 aromatic heterocycles. The van der Waals surface area contributed by atoms with E-state index in [1.807, 2.05) is 27.7 Å². The lowest BCUT2D eigenvalue weighted by atomic mass is 10.0. The van der Waals surface area contributed by atoms with Gasteiger partial charge in [0, 0.05) is 18.2 Å². The third-order valence-electron chi connectivity index (χ3n) is 6.39. The maximum atomic E-state index is 14.4. The summed E-state index contributed by atoms with van der Waals surface area (Å²) >= 11 is 1.37. The van der Waals surface area contributed by atoms with Gasteiger partial charge in [0.25, 0.3) is 0 Å². The van der Waals surface area contributed by atoms with Gasteiger partial charge >= 0.3 is 0 Å². The van der Waals surface area contributed by atoms with Crippen molar-refractivity contribution in [2.45, 2.75) is 42.9 Å². The quantitative estimate of drug-likeness (QED) is 0.426. The lowest BCUT2D eigenvalue weighted by Gasteiger charge is -2.26. The van der Waals surface area contributed by atoms with E-state index in [4.69, 9.17) is 9.47 Å². The van der Waals surface area contributed by atoms with E-state index in [9.17, 15) is 9.18 Å². The highest BCUT2D eigenvalue weighted by molar-refractivity contribution is 7.99. The molecule has 0 radical (unpaired) electrons. The number of aromatic nitrogens is 3. The third kappa shape index (κ3) is 4.36. The zero-order valence-electron chi connectivity index (χ0n) is 19.2. The van der Waals surface area contributed by atoms with Crippen molar-refractivity contribution in [2.24, 2.45) is 0 Å². The molecule has 5 rings (SSSR count). The molecule has 178 valence electrons. The van der Waals surface area contributed by atoms with Crippen molar-refractivity contribution in [2.75, 3.05) is 26.5 Å². The summed E-state index contributed by atoms with van der Waals surface area (Å²) in [7, 11) is 3.27. The molecule has 3 aromatic rings. The van der Waals surface area contributed by atoms with Gasteiger partial charge in [-0.25, -0.2) is 4.39 Å². The highest BCUT2D eigenvalue weighted by Gasteiger charge is 2.34. The van der Waals surface area contributed by atoms with Crippen LogP contribution in [0.2, 0.25) is 0 Å². The van der Waals surface area contributed by atoms with Crippen molar-refractivity contribution in [3.8, 4) is 22.9 Å². The van der Waals surface area contributed by atoms with Crippen molar-refractivity contribution in [3.05, 3.63) is 53.8 Å². The maximum Gasteiger partial charge on any atom is 0.233 e. The highest BCUT2D eigenvalue weighted by Crippen LogP contribution is 2.42. The van der Waals surface area contributed by atoms with Crippen LogP contribution in [-0.2, 0) is 4.79 Å². The summed E-state index contributed by atoms with van der Waals surface area (Å²) in [6.45, 7) is 0.695. The Kier molecular flexibility index (Phi) is 6.45. The first-order valence-electron chi connectivity index (χ1n) is 11.4. The third-order valence-corrected chi connectivity index (χ3v) is 7.31. The van der Waals surface area contributed by atoms with Gasteiger partial charge in [0.2, 0.25) is 5.91 Å². The summed E-state index contributed by atoms with van der Waals surface area (Å²) < 4.78 is 27.4.